The molecular formula is C32H59NO9. The summed E-state index contributed by atoms with van der Waals surface area (Å²) in [6, 6.07) is -0.905. The summed E-state index contributed by atoms with van der Waals surface area (Å²) in [5.74, 6) is -2.56. The molecule has 0 radical (unpaired) electrons. The molecule has 1 aliphatic heterocycles. The number of aliphatic hydroxyl groups is 4. The van der Waals surface area contributed by atoms with Crippen LogP contribution in [0.2, 0.25) is 0 Å². The molecule has 0 aliphatic carbocycles. The Hall–Kier alpha value is -1.75. The van der Waals surface area contributed by atoms with Crippen LogP contribution in [0.25, 0.3) is 0 Å². The zero-order valence-electron chi connectivity index (χ0n) is 27.4. The van der Waals surface area contributed by atoms with E-state index >= 15 is 0 Å². The molecule has 1 amide bonds. The molecule has 1 fully saturated rings. The molecule has 0 aromatic heterocycles. The van der Waals surface area contributed by atoms with Gasteiger partial charge in [0.15, 0.2) is 0 Å². The molecule has 14 atom stereocenters. The lowest BCUT2D eigenvalue weighted by Gasteiger charge is -2.37. The third-order valence-corrected chi connectivity index (χ3v) is 9.23. The minimum Gasteiger partial charge on any atom is -0.462 e. The number of amides is 1. The van der Waals surface area contributed by atoms with Crippen LogP contribution in [0.3, 0.4) is 0 Å². The number of ether oxygens (including phenoxy) is 2. The Bertz CT molecular complexity index is 852. The van der Waals surface area contributed by atoms with Gasteiger partial charge in [-0.15, -0.1) is 0 Å². The van der Waals surface area contributed by atoms with E-state index in [1.807, 2.05) is 48.5 Å². The molecule has 0 aromatic rings. The monoisotopic (exact) mass is 601 g/mol. The van der Waals surface area contributed by atoms with Gasteiger partial charge in [0.25, 0.3) is 0 Å². The first-order valence-corrected chi connectivity index (χ1v) is 15.7. The van der Waals surface area contributed by atoms with Crippen LogP contribution in [0.15, 0.2) is 0 Å². The molecule has 246 valence electrons. The van der Waals surface area contributed by atoms with Gasteiger partial charge in [0.1, 0.15) is 18.2 Å². The van der Waals surface area contributed by atoms with Crippen LogP contribution in [0, 0.1) is 41.4 Å². The number of hydrogen-bond donors (Lipinski definition) is 5. The predicted molar refractivity (Wildman–Crippen MR) is 160 cm³/mol. The van der Waals surface area contributed by atoms with Gasteiger partial charge in [-0.05, 0) is 75.0 Å². The maximum absolute atomic E-state index is 13.1. The van der Waals surface area contributed by atoms with Gasteiger partial charge < -0.3 is 35.2 Å². The second-order valence-electron chi connectivity index (χ2n) is 13.6. The van der Waals surface area contributed by atoms with Gasteiger partial charge in [-0.25, -0.2) is 4.79 Å². The molecule has 5 N–H and O–H groups in total. The SMILES string of the molecule is CC(=O)O[C@H]([C@H](C)C[C@H](C)[C@H](O)[C@H](C)[C@@H](C)O)[C@@H](C)C[C@H](C)[C@@H]1OC(=O)[C@@H](C)NC(=O)C[C@@H](O)C[C@H](O)[C@H](C)C[C@H]1C. The molecule has 1 rings (SSSR count). The van der Waals surface area contributed by atoms with E-state index in [9.17, 15) is 34.8 Å². The van der Waals surface area contributed by atoms with Gasteiger partial charge in [-0.1, -0.05) is 48.5 Å². The van der Waals surface area contributed by atoms with Crippen LogP contribution < -0.4 is 5.32 Å². The molecule has 10 heteroatoms. The van der Waals surface area contributed by atoms with Crippen molar-refractivity contribution in [2.45, 2.75) is 144 Å². The Labute approximate surface area is 252 Å². The Morgan fingerprint density at radius 1 is 0.929 bits per heavy atom. The Morgan fingerprint density at radius 3 is 2.05 bits per heavy atom. The van der Waals surface area contributed by atoms with E-state index in [1.54, 1.807) is 13.8 Å². The fraction of sp³-hybridized carbons (Fsp3) is 0.906. The van der Waals surface area contributed by atoms with Crippen molar-refractivity contribution in [3.05, 3.63) is 0 Å². The van der Waals surface area contributed by atoms with E-state index in [2.05, 4.69) is 5.32 Å². The quantitative estimate of drug-likeness (QED) is 0.224. The molecule has 0 unspecified atom stereocenters. The summed E-state index contributed by atoms with van der Waals surface area (Å²) < 4.78 is 11.8. The second-order valence-corrected chi connectivity index (χ2v) is 13.6. The molecule has 0 aromatic carbocycles. The summed E-state index contributed by atoms with van der Waals surface area (Å²) in [4.78, 5) is 37.5. The zero-order valence-corrected chi connectivity index (χ0v) is 27.4. The predicted octanol–water partition coefficient (Wildman–Crippen LogP) is 3.21. The van der Waals surface area contributed by atoms with Crippen molar-refractivity contribution in [3.8, 4) is 0 Å². The minimum absolute atomic E-state index is 0.0623. The third kappa shape index (κ3) is 12.1. The smallest absolute Gasteiger partial charge is 0.328 e. The average Bonchev–Trinajstić information content (AvgIpc) is 2.87. The van der Waals surface area contributed by atoms with Crippen LogP contribution in [-0.2, 0) is 23.9 Å². The molecule has 1 heterocycles. The Morgan fingerprint density at radius 2 is 1.50 bits per heavy atom. The molecule has 10 nitrogen and oxygen atoms in total. The van der Waals surface area contributed by atoms with Crippen LogP contribution in [0.4, 0.5) is 0 Å². The van der Waals surface area contributed by atoms with Crippen LogP contribution in [0.1, 0.15) is 101 Å². The van der Waals surface area contributed by atoms with Gasteiger partial charge in [-0.2, -0.15) is 0 Å². The average molecular weight is 602 g/mol. The normalized spacial score (nSPS) is 32.2. The first-order chi connectivity index (χ1) is 19.3. The van der Waals surface area contributed by atoms with Crippen LogP contribution in [-0.4, -0.2) is 80.9 Å². The minimum atomic E-state index is -1.02. The number of carbonyl (C=O) groups is 3. The highest BCUT2D eigenvalue weighted by Crippen LogP contribution is 2.34. The van der Waals surface area contributed by atoms with Crippen molar-refractivity contribution >= 4 is 17.8 Å². The molecule has 0 bridgehead atoms. The summed E-state index contributed by atoms with van der Waals surface area (Å²) >= 11 is 0. The number of rotatable bonds is 11. The third-order valence-electron chi connectivity index (χ3n) is 9.23. The molecule has 0 saturated carbocycles. The van der Waals surface area contributed by atoms with Crippen molar-refractivity contribution < 1.29 is 44.3 Å². The number of esters is 2. The van der Waals surface area contributed by atoms with E-state index < -0.39 is 60.5 Å². The van der Waals surface area contributed by atoms with E-state index in [4.69, 9.17) is 9.47 Å². The highest BCUT2D eigenvalue weighted by Gasteiger charge is 2.37. The summed E-state index contributed by atoms with van der Waals surface area (Å²) in [6.07, 6.45) is -2.61. The number of nitrogens with one attached hydrogen (secondary N) is 1. The van der Waals surface area contributed by atoms with E-state index in [1.165, 1.54) is 6.92 Å². The van der Waals surface area contributed by atoms with Gasteiger partial charge in [0.2, 0.25) is 5.91 Å². The largest absolute Gasteiger partial charge is 0.462 e. The highest BCUT2D eigenvalue weighted by atomic mass is 16.5. The Kier molecular flexibility index (Phi) is 16.0. The summed E-state index contributed by atoms with van der Waals surface area (Å²) in [5, 5.41) is 44.2. The van der Waals surface area contributed by atoms with E-state index in [0.29, 0.717) is 19.3 Å². The van der Waals surface area contributed by atoms with Gasteiger partial charge in [0.05, 0.1) is 30.8 Å². The zero-order chi connectivity index (χ0) is 32.5. The lowest BCUT2D eigenvalue weighted by molar-refractivity contribution is -0.160. The lowest BCUT2D eigenvalue weighted by atomic mass is 9.77. The summed E-state index contributed by atoms with van der Waals surface area (Å²) in [5.41, 5.74) is 0. The van der Waals surface area contributed by atoms with Crippen molar-refractivity contribution in [2.24, 2.45) is 41.4 Å². The topological polar surface area (TPSA) is 163 Å². The number of carbonyl (C=O) groups excluding carboxylic acids is 3. The summed E-state index contributed by atoms with van der Waals surface area (Å²) in [6.45, 7) is 18.2. The first kappa shape index (κ1) is 38.3. The number of hydrogen-bond acceptors (Lipinski definition) is 9. The standard InChI is InChI=1S/C32H59NO9/c1-16-11-18(3)31(42-32(40)23(8)33-28(38)15-26(36)14-27(16)37)21(6)13-20(5)30(41-25(10)35)19(4)12-17(2)29(39)22(7)24(9)34/h16-24,26-27,29-31,34,36-37,39H,11-15H2,1-10H3,(H,33,38)/t16-,17+,18-,19-,20+,21+,22-,23-,24-,26+,27+,29+,30-,31-/m1/s1. The summed E-state index contributed by atoms with van der Waals surface area (Å²) in [7, 11) is 0. The van der Waals surface area contributed by atoms with Crippen LogP contribution >= 0.6 is 0 Å². The maximum Gasteiger partial charge on any atom is 0.328 e. The fourth-order valence-corrected chi connectivity index (χ4v) is 6.58. The number of aliphatic hydroxyl groups excluding tert-OH is 4. The maximum atomic E-state index is 13.1. The Balaban J connectivity index is 3.16. The number of cyclic esters (lactones) is 1. The van der Waals surface area contributed by atoms with Crippen molar-refractivity contribution in [1.29, 1.82) is 0 Å². The molecule has 42 heavy (non-hydrogen) atoms. The van der Waals surface area contributed by atoms with Gasteiger partial charge in [0, 0.05) is 12.8 Å². The van der Waals surface area contributed by atoms with Gasteiger partial charge >= 0.3 is 11.9 Å². The lowest BCUT2D eigenvalue weighted by Crippen LogP contribution is -2.44. The van der Waals surface area contributed by atoms with E-state index in [0.717, 1.165) is 0 Å². The van der Waals surface area contributed by atoms with Gasteiger partial charge in [-0.3, -0.25) is 9.59 Å². The van der Waals surface area contributed by atoms with Crippen molar-refractivity contribution in [3.63, 3.8) is 0 Å². The molecule has 1 saturated heterocycles. The van der Waals surface area contributed by atoms with Crippen LogP contribution in [0.5, 0.6) is 0 Å². The molecule has 0 spiro atoms. The fourth-order valence-electron chi connectivity index (χ4n) is 6.58. The molecular weight excluding hydrogens is 542 g/mol. The second kappa shape index (κ2) is 17.5. The van der Waals surface area contributed by atoms with Crippen molar-refractivity contribution in [2.75, 3.05) is 0 Å². The van der Waals surface area contributed by atoms with Crippen molar-refractivity contribution in [1.82, 2.24) is 5.32 Å². The van der Waals surface area contributed by atoms with E-state index in [-0.39, 0.29) is 54.3 Å². The highest BCUT2D eigenvalue weighted by molar-refractivity contribution is 5.84. The first-order valence-electron chi connectivity index (χ1n) is 15.7. The molecule has 1 aliphatic rings.